The summed E-state index contributed by atoms with van der Waals surface area (Å²) in [5.41, 5.74) is 1.74. The highest BCUT2D eigenvalue weighted by molar-refractivity contribution is 7.98. The molecular formula is C16H18N8S. The van der Waals surface area contributed by atoms with Gasteiger partial charge in [0, 0.05) is 11.9 Å². The molecule has 0 fully saturated rings. The lowest BCUT2D eigenvalue weighted by atomic mass is 10.2. The van der Waals surface area contributed by atoms with E-state index in [0.717, 1.165) is 52.7 Å². The van der Waals surface area contributed by atoms with E-state index >= 15 is 0 Å². The van der Waals surface area contributed by atoms with Gasteiger partial charge in [0.05, 0.1) is 11.3 Å². The Bertz CT molecular complexity index is 1020. The number of thioether (sulfide) groups is 1. The first-order valence-electron chi connectivity index (χ1n) is 8.26. The van der Waals surface area contributed by atoms with Crippen LogP contribution in [0.5, 0.6) is 0 Å². The fraction of sp³-hybridized carbons (Fsp3) is 0.375. The highest BCUT2D eigenvalue weighted by Gasteiger charge is 2.14. The first-order chi connectivity index (χ1) is 12.3. The summed E-state index contributed by atoms with van der Waals surface area (Å²) in [6.45, 7) is 4.88. The Hall–Kier alpha value is -2.55. The van der Waals surface area contributed by atoms with Crippen molar-refractivity contribution in [2.24, 2.45) is 0 Å². The van der Waals surface area contributed by atoms with Gasteiger partial charge < -0.3 is 0 Å². The molecule has 0 aliphatic rings. The van der Waals surface area contributed by atoms with E-state index in [4.69, 9.17) is 4.98 Å². The lowest BCUT2D eigenvalue weighted by Gasteiger charge is -2.06. The lowest BCUT2D eigenvalue weighted by molar-refractivity contribution is 0.540. The summed E-state index contributed by atoms with van der Waals surface area (Å²) in [6, 6.07) is 7.98. The number of hydrogen-bond acceptors (Lipinski definition) is 7. The van der Waals surface area contributed by atoms with Crippen LogP contribution >= 0.6 is 11.8 Å². The fourth-order valence-corrected chi connectivity index (χ4v) is 3.54. The third-order valence-corrected chi connectivity index (χ3v) is 4.84. The van der Waals surface area contributed by atoms with Crippen LogP contribution in [0.1, 0.15) is 31.4 Å². The third-order valence-electron chi connectivity index (χ3n) is 3.92. The second kappa shape index (κ2) is 6.75. The molecule has 0 saturated carbocycles. The largest absolute Gasteiger partial charge is 0.229 e. The number of fused-ring (bicyclic) bond motifs is 3. The van der Waals surface area contributed by atoms with E-state index in [1.54, 1.807) is 11.8 Å². The first-order valence-corrected chi connectivity index (χ1v) is 9.25. The Balaban J connectivity index is 1.68. The van der Waals surface area contributed by atoms with E-state index in [2.05, 4.69) is 32.5 Å². The molecule has 128 valence electrons. The van der Waals surface area contributed by atoms with Crippen molar-refractivity contribution in [1.29, 1.82) is 0 Å². The molecular weight excluding hydrogens is 336 g/mol. The van der Waals surface area contributed by atoms with Gasteiger partial charge in [0.25, 0.3) is 0 Å². The number of nitrogens with zero attached hydrogens (tertiary/aromatic N) is 8. The minimum atomic E-state index is 0.635. The molecule has 0 aliphatic heterocycles. The van der Waals surface area contributed by atoms with Gasteiger partial charge in [0.15, 0.2) is 16.6 Å². The summed E-state index contributed by atoms with van der Waals surface area (Å²) in [7, 11) is 0. The van der Waals surface area contributed by atoms with E-state index in [-0.39, 0.29) is 0 Å². The van der Waals surface area contributed by atoms with Crippen LogP contribution in [0.3, 0.4) is 0 Å². The molecule has 3 aromatic heterocycles. The molecule has 0 amide bonds. The zero-order valence-electron chi connectivity index (χ0n) is 14.1. The van der Waals surface area contributed by atoms with Gasteiger partial charge in [-0.1, -0.05) is 37.2 Å². The van der Waals surface area contributed by atoms with Crippen LogP contribution in [-0.4, -0.2) is 39.8 Å². The molecule has 4 aromatic rings. The van der Waals surface area contributed by atoms with Crippen molar-refractivity contribution >= 4 is 28.3 Å². The fourth-order valence-electron chi connectivity index (χ4n) is 2.66. The van der Waals surface area contributed by atoms with Gasteiger partial charge in [-0.2, -0.15) is 4.52 Å². The Morgan fingerprint density at radius 3 is 2.92 bits per heavy atom. The molecule has 3 heterocycles. The maximum absolute atomic E-state index is 4.75. The standard InChI is InChI=1S/C16H18N8S/c1-3-4-9-23-14(19-21-22-23)10-25-16-18-13-8-6-5-7-12(13)15-17-11(2)20-24(15)16/h5-8H,3-4,9-10H2,1-2H3. The molecule has 8 nitrogen and oxygen atoms in total. The Morgan fingerprint density at radius 1 is 1.16 bits per heavy atom. The molecule has 0 bridgehead atoms. The number of benzene rings is 1. The van der Waals surface area contributed by atoms with Gasteiger partial charge in [-0.05, 0) is 35.9 Å². The summed E-state index contributed by atoms with van der Waals surface area (Å²) in [5.74, 6) is 2.21. The second-order valence-electron chi connectivity index (χ2n) is 5.77. The quantitative estimate of drug-likeness (QED) is 0.388. The summed E-state index contributed by atoms with van der Waals surface area (Å²) < 4.78 is 3.67. The molecule has 1 aromatic carbocycles. The van der Waals surface area contributed by atoms with Crippen molar-refractivity contribution in [2.45, 2.75) is 44.1 Å². The van der Waals surface area contributed by atoms with Crippen LogP contribution in [0.25, 0.3) is 16.6 Å². The number of rotatable bonds is 6. The molecule has 0 aliphatic carbocycles. The molecule has 0 N–H and O–H groups in total. The van der Waals surface area contributed by atoms with Gasteiger partial charge in [0.1, 0.15) is 5.82 Å². The van der Waals surface area contributed by atoms with Crippen LogP contribution in [0.15, 0.2) is 29.4 Å². The monoisotopic (exact) mass is 354 g/mol. The lowest BCUT2D eigenvalue weighted by Crippen LogP contribution is -2.06. The number of tetrazole rings is 1. The van der Waals surface area contributed by atoms with Crippen LogP contribution in [0.2, 0.25) is 0 Å². The van der Waals surface area contributed by atoms with E-state index < -0.39 is 0 Å². The summed E-state index contributed by atoms with van der Waals surface area (Å²) in [5, 5.41) is 18.3. The minimum absolute atomic E-state index is 0.635. The molecule has 9 heteroatoms. The van der Waals surface area contributed by atoms with Crippen molar-refractivity contribution < 1.29 is 0 Å². The van der Waals surface area contributed by atoms with E-state index in [0.29, 0.717) is 5.75 Å². The Kier molecular flexibility index (Phi) is 4.31. The first kappa shape index (κ1) is 15.9. The highest BCUT2D eigenvalue weighted by atomic mass is 32.2. The van der Waals surface area contributed by atoms with Crippen molar-refractivity contribution in [3.05, 3.63) is 35.9 Å². The van der Waals surface area contributed by atoms with Crippen molar-refractivity contribution in [3.63, 3.8) is 0 Å². The van der Waals surface area contributed by atoms with E-state index in [9.17, 15) is 0 Å². The van der Waals surface area contributed by atoms with Crippen LogP contribution in [0, 0.1) is 6.92 Å². The zero-order valence-corrected chi connectivity index (χ0v) is 14.9. The molecule has 0 radical (unpaired) electrons. The molecule has 0 saturated heterocycles. The number of para-hydroxylation sites is 1. The average molecular weight is 354 g/mol. The molecule has 0 spiro atoms. The van der Waals surface area contributed by atoms with Crippen LogP contribution < -0.4 is 0 Å². The third kappa shape index (κ3) is 3.07. The number of aryl methyl sites for hydroxylation is 2. The van der Waals surface area contributed by atoms with Crippen molar-refractivity contribution in [3.8, 4) is 0 Å². The summed E-state index contributed by atoms with van der Waals surface area (Å²) in [4.78, 5) is 9.31. The molecule has 25 heavy (non-hydrogen) atoms. The topological polar surface area (TPSA) is 86.7 Å². The highest BCUT2D eigenvalue weighted by Crippen LogP contribution is 2.25. The van der Waals surface area contributed by atoms with Crippen LogP contribution in [0.4, 0.5) is 0 Å². The van der Waals surface area contributed by atoms with Gasteiger partial charge in [0.2, 0.25) is 0 Å². The maximum Gasteiger partial charge on any atom is 0.192 e. The number of aromatic nitrogens is 8. The molecule has 4 rings (SSSR count). The SMILES string of the molecule is CCCCn1nnnc1CSc1nc2ccccc2c2nc(C)nn12. The van der Waals surface area contributed by atoms with Gasteiger partial charge >= 0.3 is 0 Å². The van der Waals surface area contributed by atoms with Crippen LogP contribution in [-0.2, 0) is 12.3 Å². The van der Waals surface area contributed by atoms with Gasteiger partial charge in [-0.15, -0.1) is 10.2 Å². The maximum atomic E-state index is 4.75. The smallest absolute Gasteiger partial charge is 0.192 e. The molecule has 0 unspecified atom stereocenters. The summed E-state index contributed by atoms with van der Waals surface area (Å²) in [6.07, 6.45) is 2.17. The number of unbranched alkanes of at least 4 members (excludes halogenated alkanes) is 1. The van der Waals surface area contributed by atoms with E-state index in [1.165, 1.54) is 0 Å². The van der Waals surface area contributed by atoms with Crippen molar-refractivity contribution in [1.82, 2.24) is 39.8 Å². The predicted molar refractivity (Wildman–Crippen MR) is 95.3 cm³/mol. The zero-order chi connectivity index (χ0) is 17.2. The average Bonchev–Trinajstić information content (AvgIpc) is 3.23. The Labute approximate surface area is 148 Å². The predicted octanol–water partition coefficient (Wildman–Crippen LogP) is 2.66. The summed E-state index contributed by atoms with van der Waals surface area (Å²) >= 11 is 1.57. The number of hydrogen-bond donors (Lipinski definition) is 0. The Morgan fingerprint density at radius 2 is 2.04 bits per heavy atom. The van der Waals surface area contributed by atoms with Gasteiger partial charge in [-0.3, -0.25) is 0 Å². The normalized spacial score (nSPS) is 11.6. The minimum Gasteiger partial charge on any atom is -0.229 e. The molecule has 0 atom stereocenters. The van der Waals surface area contributed by atoms with Gasteiger partial charge in [-0.25, -0.2) is 14.6 Å². The van der Waals surface area contributed by atoms with Crippen molar-refractivity contribution in [2.75, 3.05) is 0 Å². The van der Waals surface area contributed by atoms with E-state index in [1.807, 2.05) is 40.4 Å². The second-order valence-corrected chi connectivity index (χ2v) is 6.71.